The van der Waals surface area contributed by atoms with E-state index in [2.05, 4.69) is 0 Å². The largest absolute Gasteiger partial charge is 0.507 e. The number of hydrogen-bond donors (Lipinski definition) is 1. The Kier molecular flexibility index (Phi) is 9.19. The number of aryl methyl sites for hydroxylation is 1. The van der Waals surface area contributed by atoms with Crippen molar-refractivity contribution in [2.45, 2.75) is 19.6 Å². The van der Waals surface area contributed by atoms with Gasteiger partial charge in [-0.1, -0.05) is 30.3 Å². The van der Waals surface area contributed by atoms with Crippen LogP contribution in [0.3, 0.4) is 0 Å². The highest BCUT2D eigenvalue weighted by atomic mass is 16.5. The van der Waals surface area contributed by atoms with E-state index in [1.807, 2.05) is 56.3 Å². The predicted molar refractivity (Wildman–Crippen MR) is 156 cm³/mol. The number of rotatable bonds is 11. The molecule has 4 rings (SSSR count). The van der Waals surface area contributed by atoms with Gasteiger partial charge in [0.2, 0.25) is 5.75 Å². The van der Waals surface area contributed by atoms with Crippen LogP contribution in [0.1, 0.15) is 28.3 Å². The molecule has 0 bridgehead atoms. The van der Waals surface area contributed by atoms with Crippen LogP contribution in [0.15, 0.2) is 66.2 Å². The first-order valence-electron chi connectivity index (χ1n) is 13.2. The van der Waals surface area contributed by atoms with Gasteiger partial charge in [-0.25, -0.2) is 0 Å². The Labute approximate surface area is 240 Å². The molecule has 0 radical (unpaired) electrons. The third-order valence-electron chi connectivity index (χ3n) is 7.02. The summed E-state index contributed by atoms with van der Waals surface area (Å²) >= 11 is 0. The van der Waals surface area contributed by atoms with Gasteiger partial charge in [-0.15, -0.1) is 0 Å². The second-order valence-electron chi connectivity index (χ2n) is 10.0. The van der Waals surface area contributed by atoms with E-state index in [-0.39, 0.29) is 17.9 Å². The summed E-state index contributed by atoms with van der Waals surface area (Å²) in [5.74, 6) is 0.0521. The standard InChI is InChI=1S/C32H36N2O7/c1-20-16-22(12-13-24(20)41-19-21-10-8-7-9-11-21)29(35)27-28(34(15-14-33(2)3)32(37)30(27)36)23-17-25(38-4)31(40-6)26(18-23)39-5/h7-13,16-18,28,35H,14-15,19H2,1-6H3/b29-27+/t28-/m1/s1. The minimum atomic E-state index is -0.877. The number of hydrogen-bond acceptors (Lipinski definition) is 8. The highest BCUT2D eigenvalue weighted by molar-refractivity contribution is 6.46. The van der Waals surface area contributed by atoms with Crippen molar-refractivity contribution in [2.24, 2.45) is 0 Å². The van der Waals surface area contributed by atoms with Crippen molar-refractivity contribution in [3.05, 3.63) is 88.5 Å². The Morgan fingerprint density at radius 2 is 1.56 bits per heavy atom. The van der Waals surface area contributed by atoms with E-state index in [1.165, 1.54) is 26.2 Å². The summed E-state index contributed by atoms with van der Waals surface area (Å²) in [6, 6.07) is 17.5. The number of carbonyl (C=O) groups is 2. The highest BCUT2D eigenvalue weighted by Crippen LogP contribution is 2.45. The van der Waals surface area contributed by atoms with E-state index in [0.29, 0.717) is 47.3 Å². The molecular weight excluding hydrogens is 524 g/mol. The van der Waals surface area contributed by atoms with E-state index in [9.17, 15) is 14.7 Å². The van der Waals surface area contributed by atoms with Crippen LogP contribution in [-0.2, 0) is 16.2 Å². The number of aliphatic hydroxyl groups is 1. The van der Waals surface area contributed by atoms with Gasteiger partial charge in [-0.3, -0.25) is 9.59 Å². The van der Waals surface area contributed by atoms with Gasteiger partial charge in [-0.05, 0) is 68.0 Å². The summed E-state index contributed by atoms with van der Waals surface area (Å²) < 4.78 is 22.5. The number of aliphatic hydroxyl groups excluding tert-OH is 1. The number of carbonyl (C=O) groups excluding carboxylic acids is 2. The van der Waals surface area contributed by atoms with Crippen LogP contribution < -0.4 is 18.9 Å². The molecular formula is C32H36N2O7. The number of Topliss-reactive ketones (excluding diaryl/α,β-unsaturated/α-hetero) is 1. The van der Waals surface area contributed by atoms with Crippen LogP contribution >= 0.6 is 0 Å². The average Bonchev–Trinajstić information content (AvgIpc) is 3.23. The molecule has 0 aromatic heterocycles. The van der Waals surface area contributed by atoms with E-state index in [0.717, 1.165) is 11.1 Å². The maximum absolute atomic E-state index is 13.5. The number of ether oxygens (including phenoxy) is 4. The molecule has 9 heteroatoms. The van der Waals surface area contributed by atoms with Gasteiger partial charge in [0.05, 0.1) is 32.9 Å². The average molecular weight is 561 g/mol. The molecule has 1 amide bonds. The second kappa shape index (κ2) is 12.8. The Bertz CT molecular complexity index is 1420. The summed E-state index contributed by atoms with van der Waals surface area (Å²) in [6.07, 6.45) is 0. The monoisotopic (exact) mass is 560 g/mol. The van der Waals surface area contributed by atoms with Gasteiger partial charge >= 0.3 is 0 Å². The molecule has 1 saturated heterocycles. The number of likely N-dealkylation sites (N-methyl/N-ethyl adjacent to an activating group) is 1. The molecule has 216 valence electrons. The third kappa shape index (κ3) is 6.15. The minimum absolute atomic E-state index is 0.0135. The van der Waals surface area contributed by atoms with Crippen LogP contribution in [0.25, 0.3) is 5.76 Å². The van der Waals surface area contributed by atoms with Crippen LogP contribution in [-0.4, -0.2) is 75.1 Å². The Hall–Kier alpha value is -4.50. The quantitative estimate of drug-likeness (QED) is 0.207. The Balaban J connectivity index is 1.79. The molecule has 0 saturated carbocycles. The topological polar surface area (TPSA) is 97.8 Å². The van der Waals surface area contributed by atoms with E-state index < -0.39 is 17.7 Å². The third-order valence-corrected chi connectivity index (χ3v) is 7.02. The predicted octanol–water partition coefficient (Wildman–Crippen LogP) is 4.58. The zero-order chi connectivity index (χ0) is 29.7. The SMILES string of the molecule is COc1cc([C@@H]2/C(=C(\O)c3ccc(OCc4ccccc4)c(C)c3)C(=O)C(=O)N2CCN(C)C)cc(OC)c1OC. The van der Waals surface area contributed by atoms with Gasteiger partial charge in [0.25, 0.3) is 11.7 Å². The van der Waals surface area contributed by atoms with Crippen molar-refractivity contribution in [3.8, 4) is 23.0 Å². The van der Waals surface area contributed by atoms with Crippen LogP contribution in [0.4, 0.5) is 0 Å². The van der Waals surface area contributed by atoms with Crippen molar-refractivity contribution in [2.75, 3.05) is 48.5 Å². The zero-order valence-electron chi connectivity index (χ0n) is 24.3. The molecule has 0 aliphatic carbocycles. The molecule has 1 fully saturated rings. The zero-order valence-corrected chi connectivity index (χ0v) is 24.3. The lowest BCUT2D eigenvalue weighted by Gasteiger charge is -2.27. The molecule has 3 aromatic rings. The first-order chi connectivity index (χ1) is 19.7. The molecule has 3 aromatic carbocycles. The smallest absolute Gasteiger partial charge is 0.295 e. The van der Waals surface area contributed by atoms with E-state index >= 15 is 0 Å². The molecule has 9 nitrogen and oxygen atoms in total. The summed E-state index contributed by atoms with van der Waals surface area (Å²) in [4.78, 5) is 30.2. The fourth-order valence-corrected chi connectivity index (χ4v) is 4.87. The van der Waals surface area contributed by atoms with Crippen LogP contribution in [0.5, 0.6) is 23.0 Å². The maximum Gasteiger partial charge on any atom is 0.295 e. The molecule has 1 heterocycles. The maximum atomic E-state index is 13.5. The molecule has 1 aliphatic rings. The van der Waals surface area contributed by atoms with Crippen LogP contribution in [0, 0.1) is 6.92 Å². The van der Waals surface area contributed by atoms with Gasteiger partial charge in [0, 0.05) is 18.7 Å². The first-order valence-corrected chi connectivity index (χ1v) is 13.2. The van der Waals surface area contributed by atoms with E-state index in [1.54, 1.807) is 30.3 Å². The van der Waals surface area contributed by atoms with Gasteiger partial charge in [-0.2, -0.15) is 0 Å². The summed E-state index contributed by atoms with van der Waals surface area (Å²) in [6.45, 7) is 3.04. The second-order valence-corrected chi connectivity index (χ2v) is 10.0. The van der Waals surface area contributed by atoms with E-state index in [4.69, 9.17) is 18.9 Å². The van der Waals surface area contributed by atoms with Crippen molar-refractivity contribution >= 4 is 17.4 Å². The normalized spacial score (nSPS) is 16.3. The Morgan fingerprint density at radius 1 is 0.902 bits per heavy atom. The van der Waals surface area contributed by atoms with Crippen molar-refractivity contribution < 1.29 is 33.6 Å². The van der Waals surface area contributed by atoms with Crippen molar-refractivity contribution in [1.29, 1.82) is 0 Å². The van der Waals surface area contributed by atoms with Gasteiger partial charge in [0.1, 0.15) is 18.1 Å². The van der Waals surface area contributed by atoms with Crippen molar-refractivity contribution in [3.63, 3.8) is 0 Å². The molecule has 1 N–H and O–H groups in total. The number of nitrogens with zero attached hydrogens (tertiary/aromatic N) is 2. The summed E-state index contributed by atoms with van der Waals surface area (Å²) in [5.41, 5.74) is 2.73. The molecule has 1 atom stereocenters. The molecule has 1 aliphatic heterocycles. The lowest BCUT2D eigenvalue weighted by atomic mass is 9.94. The van der Waals surface area contributed by atoms with Crippen molar-refractivity contribution in [1.82, 2.24) is 9.80 Å². The highest BCUT2D eigenvalue weighted by Gasteiger charge is 2.46. The molecule has 41 heavy (non-hydrogen) atoms. The number of likely N-dealkylation sites (tertiary alicyclic amines) is 1. The number of methoxy groups -OCH3 is 3. The Morgan fingerprint density at radius 3 is 2.12 bits per heavy atom. The number of benzene rings is 3. The number of amides is 1. The lowest BCUT2D eigenvalue weighted by Crippen LogP contribution is -2.35. The van der Waals surface area contributed by atoms with Gasteiger partial charge < -0.3 is 33.9 Å². The first kappa shape index (κ1) is 29.5. The fourth-order valence-electron chi connectivity index (χ4n) is 4.87. The van der Waals surface area contributed by atoms with Crippen LogP contribution in [0.2, 0.25) is 0 Å². The minimum Gasteiger partial charge on any atom is -0.507 e. The fraction of sp³-hybridized carbons (Fsp3) is 0.312. The number of ketones is 1. The van der Waals surface area contributed by atoms with Gasteiger partial charge in [0.15, 0.2) is 11.5 Å². The summed E-state index contributed by atoms with van der Waals surface area (Å²) in [5, 5.41) is 11.6. The molecule has 0 unspecified atom stereocenters. The molecule has 0 spiro atoms. The lowest BCUT2D eigenvalue weighted by molar-refractivity contribution is -0.140. The summed E-state index contributed by atoms with van der Waals surface area (Å²) in [7, 11) is 8.26.